The maximum absolute atomic E-state index is 12.0. The molecule has 0 atom stereocenters. The van der Waals surface area contributed by atoms with Crippen molar-refractivity contribution in [3.8, 4) is 11.1 Å². The van der Waals surface area contributed by atoms with Crippen LogP contribution in [0.5, 0.6) is 0 Å². The monoisotopic (exact) mass is 282 g/mol. The average Bonchev–Trinajstić information content (AvgIpc) is 2.47. The Hall–Kier alpha value is -2.49. The Morgan fingerprint density at radius 1 is 1.00 bits per heavy atom. The maximum Gasteiger partial charge on any atom is 0.253 e. The molecule has 1 amide bonds. The number of pyridine rings is 1. The van der Waals surface area contributed by atoms with Gasteiger partial charge in [-0.3, -0.25) is 14.6 Å². The van der Waals surface area contributed by atoms with Crippen LogP contribution in [-0.4, -0.2) is 22.7 Å². The molecule has 2 aromatic rings. The minimum Gasteiger partial charge on any atom is -0.350 e. The molecule has 0 fully saturated rings. The van der Waals surface area contributed by atoms with Gasteiger partial charge in [0.2, 0.25) is 0 Å². The largest absolute Gasteiger partial charge is 0.350 e. The Morgan fingerprint density at radius 2 is 1.67 bits per heavy atom. The number of benzene rings is 1. The molecule has 0 radical (unpaired) electrons. The third-order valence-corrected chi connectivity index (χ3v) is 3.04. The summed E-state index contributed by atoms with van der Waals surface area (Å²) in [5.74, 6) is -0.107. The van der Waals surface area contributed by atoms with Crippen LogP contribution in [0.1, 0.15) is 41.5 Å². The summed E-state index contributed by atoms with van der Waals surface area (Å²) >= 11 is 0. The van der Waals surface area contributed by atoms with Crippen LogP contribution in [0.4, 0.5) is 0 Å². The van der Waals surface area contributed by atoms with Gasteiger partial charge in [-0.2, -0.15) is 0 Å². The van der Waals surface area contributed by atoms with Gasteiger partial charge in [-0.05, 0) is 32.4 Å². The molecule has 4 heteroatoms. The zero-order valence-corrected chi connectivity index (χ0v) is 12.4. The molecule has 0 unspecified atom stereocenters. The number of nitrogens with one attached hydrogen (secondary N) is 1. The Kier molecular flexibility index (Phi) is 4.48. The lowest BCUT2D eigenvalue weighted by atomic mass is 10.0. The summed E-state index contributed by atoms with van der Waals surface area (Å²) in [6, 6.07) is 9.15. The summed E-state index contributed by atoms with van der Waals surface area (Å²) in [5.41, 5.74) is 2.96. The Bertz CT molecular complexity index is 661. The van der Waals surface area contributed by atoms with Crippen LogP contribution in [0.3, 0.4) is 0 Å². The van der Waals surface area contributed by atoms with Crippen molar-refractivity contribution in [3.63, 3.8) is 0 Å². The van der Waals surface area contributed by atoms with Gasteiger partial charge in [0.05, 0.1) is 5.56 Å². The smallest absolute Gasteiger partial charge is 0.253 e. The SMILES string of the molecule is CC(=O)c1ccc(-c2cncc(C(=O)NC(C)C)c2)cc1. The lowest BCUT2D eigenvalue weighted by molar-refractivity contribution is 0.0942. The molecule has 1 aromatic heterocycles. The van der Waals surface area contributed by atoms with Gasteiger partial charge in [-0.15, -0.1) is 0 Å². The summed E-state index contributed by atoms with van der Waals surface area (Å²) in [5, 5.41) is 2.84. The van der Waals surface area contributed by atoms with Crippen molar-refractivity contribution in [2.75, 3.05) is 0 Å². The Labute approximate surface area is 124 Å². The van der Waals surface area contributed by atoms with Gasteiger partial charge >= 0.3 is 0 Å². The summed E-state index contributed by atoms with van der Waals surface area (Å²) in [7, 11) is 0. The van der Waals surface area contributed by atoms with Crippen LogP contribution in [0.2, 0.25) is 0 Å². The predicted octanol–water partition coefficient (Wildman–Crippen LogP) is 3.09. The highest BCUT2D eigenvalue weighted by atomic mass is 16.1. The van der Waals surface area contributed by atoms with E-state index in [4.69, 9.17) is 0 Å². The zero-order valence-electron chi connectivity index (χ0n) is 12.4. The van der Waals surface area contributed by atoms with E-state index in [-0.39, 0.29) is 17.7 Å². The maximum atomic E-state index is 12.0. The number of hydrogen-bond donors (Lipinski definition) is 1. The van der Waals surface area contributed by atoms with Crippen molar-refractivity contribution in [1.29, 1.82) is 0 Å². The topological polar surface area (TPSA) is 59.1 Å². The van der Waals surface area contributed by atoms with E-state index in [9.17, 15) is 9.59 Å². The second-order valence-electron chi connectivity index (χ2n) is 5.22. The molecular formula is C17H18N2O2. The molecule has 1 heterocycles. The molecule has 1 N–H and O–H groups in total. The standard InChI is InChI=1S/C17H18N2O2/c1-11(2)19-17(21)16-8-15(9-18-10-16)14-6-4-13(5-7-14)12(3)20/h4-11H,1-3H3,(H,19,21). The summed E-state index contributed by atoms with van der Waals surface area (Å²) in [6.45, 7) is 5.36. The van der Waals surface area contributed by atoms with Gasteiger partial charge in [0.1, 0.15) is 0 Å². The van der Waals surface area contributed by atoms with Crippen molar-refractivity contribution < 1.29 is 9.59 Å². The number of hydrogen-bond acceptors (Lipinski definition) is 3. The highest BCUT2D eigenvalue weighted by molar-refractivity contribution is 5.96. The number of ketones is 1. The molecule has 0 saturated heterocycles. The third-order valence-electron chi connectivity index (χ3n) is 3.04. The highest BCUT2D eigenvalue weighted by Gasteiger charge is 2.09. The van der Waals surface area contributed by atoms with E-state index in [0.717, 1.165) is 11.1 Å². The van der Waals surface area contributed by atoms with Crippen LogP contribution in [0.15, 0.2) is 42.7 Å². The van der Waals surface area contributed by atoms with E-state index >= 15 is 0 Å². The van der Waals surface area contributed by atoms with E-state index in [2.05, 4.69) is 10.3 Å². The molecule has 0 aliphatic carbocycles. The number of rotatable bonds is 4. The second kappa shape index (κ2) is 6.31. The molecule has 0 spiro atoms. The third kappa shape index (κ3) is 3.75. The number of carbonyl (C=O) groups is 2. The number of aromatic nitrogens is 1. The normalized spacial score (nSPS) is 10.5. The van der Waals surface area contributed by atoms with E-state index in [1.165, 1.54) is 6.92 Å². The first kappa shape index (κ1) is 14.9. The van der Waals surface area contributed by atoms with Crippen molar-refractivity contribution in [3.05, 3.63) is 53.9 Å². The van der Waals surface area contributed by atoms with Crippen LogP contribution in [0.25, 0.3) is 11.1 Å². The van der Waals surface area contributed by atoms with Gasteiger partial charge in [0.25, 0.3) is 5.91 Å². The fourth-order valence-electron chi connectivity index (χ4n) is 1.96. The molecule has 2 rings (SSSR count). The minimum absolute atomic E-state index is 0.0322. The van der Waals surface area contributed by atoms with Gasteiger partial charge in [-0.1, -0.05) is 24.3 Å². The average molecular weight is 282 g/mol. The summed E-state index contributed by atoms with van der Waals surface area (Å²) in [6.07, 6.45) is 3.25. The molecular weight excluding hydrogens is 264 g/mol. The number of Topliss-reactive ketones (excluding diaryl/α,β-unsaturated/α-hetero) is 1. The quantitative estimate of drug-likeness (QED) is 0.877. The van der Waals surface area contributed by atoms with Gasteiger partial charge in [0.15, 0.2) is 5.78 Å². The van der Waals surface area contributed by atoms with Gasteiger partial charge < -0.3 is 5.32 Å². The fourth-order valence-corrected chi connectivity index (χ4v) is 1.96. The van der Waals surface area contributed by atoms with Crippen LogP contribution < -0.4 is 5.32 Å². The molecule has 4 nitrogen and oxygen atoms in total. The molecule has 1 aromatic carbocycles. The predicted molar refractivity (Wildman–Crippen MR) is 82.3 cm³/mol. The first-order chi connectivity index (χ1) is 9.97. The number of carbonyl (C=O) groups excluding carboxylic acids is 2. The second-order valence-corrected chi connectivity index (χ2v) is 5.22. The van der Waals surface area contributed by atoms with Gasteiger partial charge in [-0.25, -0.2) is 0 Å². The van der Waals surface area contributed by atoms with Crippen LogP contribution >= 0.6 is 0 Å². The first-order valence-electron chi connectivity index (χ1n) is 6.84. The highest BCUT2D eigenvalue weighted by Crippen LogP contribution is 2.20. The fraction of sp³-hybridized carbons (Fsp3) is 0.235. The summed E-state index contributed by atoms with van der Waals surface area (Å²) in [4.78, 5) is 27.4. The molecule has 0 saturated carbocycles. The first-order valence-corrected chi connectivity index (χ1v) is 6.84. The lowest BCUT2D eigenvalue weighted by Gasteiger charge is -2.09. The zero-order chi connectivity index (χ0) is 15.4. The molecule has 21 heavy (non-hydrogen) atoms. The molecule has 108 valence electrons. The Morgan fingerprint density at radius 3 is 2.24 bits per heavy atom. The van der Waals surface area contributed by atoms with Crippen LogP contribution in [0, 0.1) is 0 Å². The Balaban J connectivity index is 2.28. The van der Waals surface area contributed by atoms with Crippen molar-refractivity contribution in [2.45, 2.75) is 26.8 Å². The van der Waals surface area contributed by atoms with E-state index in [0.29, 0.717) is 11.1 Å². The van der Waals surface area contributed by atoms with E-state index in [1.54, 1.807) is 30.6 Å². The van der Waals surface area contributed by atoms with E-state index in [1.807, 2.05) is 26.0 Å². The van der Waals surface area contributed by atoms with E-state index < -0.39 is 0 Å². The molecule has 0 aliphatic rings. The van der Waals surface area contributed by atoms with Crippen molar-refractivity contribution in [2.24, 2.45) is 0 Å². The summed E-state index contributed by atoms with van der Waals surface area (Å²) < 4.78 is 0. The minimum atomic E-state index is -0.139. The van der Waals surface area contributed by atoms with Crippen molar-refractivity contribution in [1.82, 2.24) is 10.3 Å². The molecule has 0 bridgehead atoms. The number of nitrogens with zero attached hydrogens (tertiary/aromatic N) is 1. The van der Waals surface area contributed by atoms with Crippen molar-refractivity contribution >= 4 is 11.7 Å². The number of amides is 1. The molecule has 0 aliphatic heterocycles. The lowest BCUT2D eigenvalue weighted by Crippen LogP contribution is -2.30. The van der Waals surface area contributed by atoms with Gasteiger partial charge in [0, 0.05) is 29.6 Å². The van der Waals surface area contributed by atoms with Crippen LogP contribution in [-0.2, 0) is 0 Å².